The van der Waals surface area contributed by atoms with Crippen LogP contribution in [0.1, 0.15) is 19.8 Å². The lowest BCUT2D eigenvalue weighted by atomic mass is 9.97. The van der Waals surface area contributed by atoms with E-state index in [0.717, 1.165) is 25.9 Å². The molecule has 1 aliphatic rings. The van der Waals surface area contributed by atoms with Gasteiger partial charge in [-0.15, -0.1) is 0 Å². The lowest BCUT2D eigenvalue weighted by Gasteiger charge is -2.32. The molecule has 128 valence electrons. The predicted molar refractivity (Wildman–Crippen MR) is 88.8 cm³/mol. The average Bonchev–Trinajstić information content (AvgIpc) is 2.55. The third-order valence-electron chi connectivity index (χ3n) is 3.94. The number of β-amino-alcohol motifs (C(OH)–C–C–N with tert-alkyl or cyclic N) is 1. The molecule has 5 nitrogen and oxygen atoms in total. The number of likely N-dealkylation sites (tertiary alicyclic amines) is 1. The van der Waals surface area contributed by atoms with Crippen LogP contribution in [0.2, 0.25) is 5.02 Å². The van der Waals surface area contributed by atoms with Crippen molar-refractivity contribution in [1.29, 1.82) is 0 Å². The molecule has 1 saturated heterocycles. The zero-order valence-corrected chi connectivity index (χ0v) is 14.2. The quantitative estimate of drug-likeness (QED) is 0.771. The maximum absolute atomic E-state index is 11.7. The minimum Gasteiger partial charge on any atom is -0.489 e. The summed E-state index contributed by atoms with van der Waals surface area (Å²) >= 11 is 6.01. The van der Waals surface area contributed by atoms with Crippen LogP contribution in [0.15, 0.2) is 24.3 Å². The summed E-state index contributed by atoms with van der Waals surface area (Å²) < 4.78 is 10.6. The monoisotopic (exact) mass is 341 g/mol. The molecule has 1 aromatic rings. The number of rotatable bonds is 7. The maximum atomic E-state index is 11.7. The summed E-state index contributed by atoms with van der Waals surface area (Å²) in [6, 6.07) is 7.20. The molecule has 1 N–H and O–H groups in total. The van der Waals surface area contributed by atoms with E-state index in [-0.39, 0.29) is 18.5 Å². The van der Waals surface area contributed by atoms with Crippen LogP contribution in [-0.4, -0.2) is 54.9 Å². The predicted octanol–water partition coefficient (Wildman–Crippen LogP) is 2.35. The van der Waals surface area contributed by atoms with Gasteiger partial charge in [-0.3, -0.25) is 4.79 Å². The van der Waals surface area contributed by atoms with Gasteiger partial charge in [0.25, 0.3) is 0 Å². The number of esters is 1. The van der Waals surface area contributed by atoms with Crippen molar-refractivity contribution >= 4 is 17.6 Å². The number of piperidine rings is 1. The van der Waals surface area contributed by atoms with Crippen molar-refractivity contribution in [3.8, 4) is 5.75 Å². The lowest BCUT2D eigenvalue weighted by molar-refractivity contribution is -0.149. The molecule has 0 bridgehead atoms. The molecule has 1 aromatic carbocycles. The largest absolute Gasteiger partial charge is 0.489 e. The van der Waals surface area contributed by atoms with Crippen molar-refractivity contribution in [2.24, 2.45) is 5.92 Å². The summed E-state index contributed by atoms with van der Waals surface area (Å²) in [6.45, 7) is 4.54. The van der Waals surface area contributed by atoms with E-state index >= 15 is 0 Å². The van der Waals surface area contributed by atoms with Crippen LogP contribution in [0, 0.1) is 5.92 Å². The Bertz CT molecular complexity index is 503. The Hall–Kier alpha value is -1.30. The number of carbonyl (C=O) groups is 1. The van der Waals surface area contributed by atoms with Crippen molar-refractivity contribution < 1.29 is 19.4 Å². The number of para-hydroxylation sites is 1. The van der Waals surface area contributed by atoms with Gasteiger partial charge in [0.05, 0.1) is 17.5 Å². The summed E-state index contributed by atoms with van der Waals surface area (Å²) in [5, 5.41) is 10.6. The highest BCUT2D eigenvalue weighted by Crippen LogP contribution is 2.23. The van der Waals surface area contributed by atoms with E-state index in [9.17, 15) is 9.90 Å². The van der Waals surface area contributed by atoms with Gasteiger partial charge in [-0.05, 0) is 45.0 Å². The molecule has 0 spiro atoms. The lowest BCUT2D eigenvalue weighted by Crippen LogP contribution is -2.42. The number of aliphatic hydroxyl groups is 1. The maximum Gasteiger partial charge on any atom is 0.309 e. The van der Waals surface area contributed by atoms with E-state index in [1.165, 1.54) is 0 Å². The molecule has 1 atom stereocenters. The Morgan fingerprint density at radius 1 is 1.39 bits per heavy atom. The van der Waals surface area contributed by atoms with Crippen molar-refractivity contribution in [2.45, 2.75) is 25.9 Å². The van der Waals surface area contributed by atoms with Crippen molar-refractivity contribution in [3.63, 3.8) is 0 Å². The Balaban J connectivity index is 1.69. The fourth-order valence-corrected chi connectivity index (χ4v) is 2.90. The fraction of sp³-hybridized carbons (Fsp3) is 0.588. The minimum atomic E-state index is -0.592. The van der Waals surface area contributed by atoms with E-state index in [0.29, 0.717) is 23.9 Å². The van der Waals surface area contributed by atoms with Gasteiger partial charge in [-0.25, -0.2) is 0 Å². The number of hydrogen-bond donors (Lipinski definition) is 1. The standard InChI is InChI=1S/C17H24ClNO4/c1-2-22-17(21)13-7-9-19(10-8-13)11-14(20)12-23-16-6-4-3-5-15(16)18/h3-6,13-14,20H,2,7-12H2,1H3/t14-/m0/s1. The Morgan fingerprint density at radius 2 is 2.09 bits per heavy atom. The fourth-order valence-electron chi connectivity index (χ4n) is 2.71. The zero-order chi connectivity index (χ0) is 16.7. The number of halogens is 1. The number of benzene rings is 1. The topological polar surface area (TPSA) is 59.0 Å². The first-order chi connectivity index (χ1) is 11.1. The number of aliphatic hydroxyl groups excluding tert-OH is 1. The summed E-state index contributed by atoms with van der Waals surface area (Å²) in [5.74, 6) is 0.465. The molecular weight excluding hydrogens is 318 g/mol. The highest BCUT2D eigenvalue weighted by Gasteiger charge is 2.26. The first-order valence-electron chi connectivity index (χ1n) is 8.04. The van der Waals surface area contributed by atoms with Crippen LogP contribution in [0.3, 0.4) is 0 Å². The second kappa shape index (κ2) is 9.11. The van der Waals surface area contributed by atoms with Gasteiger partial charge in [0.2, 0.25) is 0 Å². The van der Waals surface area contributed by atoms with Gasteiger partial charge in [-0.1, -0.05) is 23.7 Å². The zero-order valence-electron chi connectivity index (χ0n) is 13.4. The Kier molecular flexibility index (Phi) is 7.15. The van der Waals surface area contributed by atoms with E-state index in [1.807, 2.05) is 19.1 Å². The van der Waals surface area contributed by atoms with Crippen molar-refractivity contribution in [3.05, 3.63) is 29.3 Å². The molecule has 0 aromatic heterocycles. The van der Waals surface area contributed by atoms with Gasteiger partial charge < -0.3 is 19.5 Å². The molecule has 6 heteroatoms. The highest BCUT2D eigenvalue weighted by molar-refractivity contribution is 6.32. The van der Waals surface area contributed by atoms with Crippen molar-refractivity contribution in [2.75, 3.05) is 32.8 Å². The summed E-state index contributed by atoms with van der Waals surface area (Å²) in [6.07, 6.45) is 0.957. The Morgan fingerprint density at radius 3 is 2.74 bits per heavy atom. The van der Waals surface area contributed by atoms with Gasteiger partial charge in [-0.2, -0.15) is 0 Å². The number of ether oxygens (including phenoxy) is 2. The Labute approximate surface area is 142 Å². The van der Waals surface area contributed by atoms with E-state index in [2.05, 4.69) is 4.90 Å². The van der Waals surface area contributed by atoms with Crippen LogP contribution in [0.5, 0.6) is 5.75 Å². The molecule has 0 aliphatic carbocycles. The molecule has 23 heavy (non-hydrogen) atoms. The van der Waals surface area contributed by atoms with Crippen LogP contribution in [0.4, 0.5) is 0 Å². The number of hydrogen-bond acceptors (Lipinski definition) is 5. The first kappa shape index (κ1) is 18.0. The molecule has 0 saturated carbocycles. The van der Waals surface area contributed by atoms with Crippen LogP contribution in [0.25, 0.3) is 0 Å². The molecule has 1 aliphatic heterocycles. The summed E-state index contributed by atoms with van der Waals surface area (Å²) in [5.41, 5.74) is 0. The van der Waals surface area contributed by atoms with Gasteiger partial charge >= 0.3 is 5.97 Å². The number of nitrogens with zero attached hydrogens (tertiary/aromatic N) is 1. The molecule has 1 heterocycles. The van der Waals surface area contributed by atoms with E-state index in [4.69, 9.17) is 21.1 Å². The van der Waals surface area contributed by atoms with Gasteiger partial charge in [0.1, 0.15) is 18.5 Å². The molecule has 1 fully saturated rings. The first-order valence-corrected chi connectivity index (χ1v) is 8.42. The highest BCUT2D eigenvalue weighted by atomic mass is 35.5. The second-order valence-electron chi connectivity index (χ2n) is 5.72. The SMILES string of the molecule is CCOC(=O)C1CCN(C[C@H](O)COc2ccccc2Cl)CC1. The summed E-state index contributed by atoms with van der Waals surface area (Å²) in [7, 11) is 0. The molecule has 0 amide bonds. The third-order valence-corrected chi connectivity index (χ3v) is 4.26. The normalized spacial score (nSPS) is 17.7. The van der Waals surface area contributed by atoms with Gasteiger partial charge in [0.15, 0.2) is 0 Å². The molecule has 0 radical (unpaired) electrons. The van der Waals surface area contributed by atoms with Crippen molar-refractivity contribution in [1.82, 2.24) is 4.90 Å². The summed E-state index contributed by atoms with van der Waals surface area (Å²) in [4.78, 5) is 13.8. The minimum absolute atomic E-state index is 0.0114. The van der Waals surface area contributed by atoms with Crippen LogP contribution < -0.4 is 4.74 Å². The van der Waals surface area contributed by atoms with Crippen LogP contribution >= 0.6 is 11.6 Å². The second-order valence-corrected chi connectivity index (χ2v) is 6.13. The molecule has 0 unspecified atom stereocenters. The molecule has 2 rings (SSSR count). The third kappa shape index (κ3) is 5.68. The smallest absolute Gasteiger partial charge is 0.309 e. The van der Waals surface area contributed by atoms with Gasteiger partial charge in [0, 0.05) is 6.54 Å². The number of carbonyl (C=O) groups excluding carboxylic acids is 1. The molecular formula is C17H24ClNO4. The van der Waals surface area contributed by atoms with E-state index in [1.54, 1.807) is 12.1 Å². The van der Waals surface area contributed by atoms with Crippen LogP contribution in [-0.2, 0) is 9.53 Å². The van der Waals surface area contributed by atoms with E-state index < -0.39 is 6.10 Å². The average molecular weight is 342 g/mol.